The molecule has 0 aliphatic heterocycles. The average molecular weight is 259 g/mol. The van der Waals surface area contributed by atoms with Crippen LogP contribution in [0.5, 0.6) is 5.75 Å². The molecule has 0 unspecified atom stereocenters. The Bertz CT molecular complexity index is 596. The summed E-state index contributed by atoms with van der Waals surface area (Å²) in [5, 5.41) is 0. The fourth-order valence-corrected chi connectivity index (χ4v) is 1.70. The molecule has 0 aliphatic carbocycles. The Hall–Kier alpha value is -2.23. The molecule has 4 heteroatoms. The third-order valence-corrected chi connectivity index (χ3v) is 2.49. The van der Waals surface area contributed by atoms with Crippen LogP contribution in [0.25, 0.3) is 11.3 Å². The zero-order valence-corrected chi connectivity index (χ0v) is 10.8. The fraction of sp³-hybridized carbons (Fsp3) is 0.200. The topological polar surface area (TPSA) is 39.2 Å². The van der Waals surface area contributed by atoms with E-state index in [1.165, 1.54) is 12.1 Å². The molecule has 1 heterocycles. The first-order valence-electron chi connectivity index (χ1n) is 5.99. The fourth-order valence-electron chi connectivity index (χ4n) is 1.70. The average Bonchev–Trinajstić information content (AvgIpc) is 2.39. The zero-order chi connectivity index (χ0) is 13.8. The van der Waals surface area contributed by atoms with Crippen LogP contribution >= 0.6 is 0 Å². The Morgan fingerprint density at radius 2 is 2.05 bits per heavy atom. The van der Waals surface area contributed by atoms with Crippen molar-refractivity contribution in [2.24, 2.45) is 0 Å². The lowest BCUT2D eigenvalue weighted by Gasteiger charge is -2.10. The van der Waals surface area contributed by atoms with E-state index in [2.05, 4.69) is 4.98 Å². The van der Waals surface area contributed by atoms with Gasteiger partial charge in [-0.05, 0) is 38.1 Å². The van der Waals surface area contributed by atoms with Gasteiger partial charge in [0, 0.05) is 5.56 Å². The zero-order valence-electron chi connectivity index (χ0n) is 10.8. The maximum absolute atomic E-state index is 13.2. The lowest BCUT2D eigenvalue weighted by atomic mass is 10.1. The van der Waals surface area contributed by atoms with Crippen molar-refractivity contribution in [1.29, 1.82) is 0 Å². The largest absolute Gasteiger partial charge is 0.491 e. The molecule has 0 atom stereocenters. The van der Waals surface area contributed by atoms with Gasteiger partial charge >= 0.3 is 0 Å². The minimum Gasteiger partial charge on any atom is -0.491 e. The number of rotatable bonds is 4. The highest BCUT2D eigenvalue weighted by atomic mass is 19.1. The van der Waals surface area contributed by atoms with E-state index in [1.807, 2.05) is 38.1 Å². The van der Waals surface area contributed by atoms with Gasteiger partial charge in [0.15, 0.2) is 12.1 Å². The first-order valence-corrected chi connectivity index (χ1v) is 5.99. The lowest BCUT2D eigenvalue weighted by Crippen LogP contribution is -2.05. The molecule has 0 amide bonds. The van der Waals surface area contributed by atoms with Crippen LogP contribution in [0.1, 0.15) is 24.3 Å². The van der Waals surface area contributed by atoms with Crippen LogP contribution in [0.3, 0.4) is 0 Å². The summed E-state index contributed by atoms with van der Waals surface area (Å²) >= 11 is 0. The molecule has 98 valence electrons. The molecule has 1 aromatic heterocycles. The predicted octanol–water partition coefficient (Wildman–Crippen LogP) is 3.49. The molecule has 2 rings (SSSR count). The van der Waals surface area contributed by atoms with Crippen LogP contribution in [0, 0.1) is 5.82 Å². The molecule has 0 aliphatic rings. The Balaban J connectivity index is 2.38. The van der Waals surface area contributed by atoms with Crippen LogP contribution in [0.15, 0.2) is 36.4 Å². The summed E-state index contributed by atoms with van der Waals surface area (Å²) in [4.78, 5) is 14.7. The molecule has 0 fully saturated rings. The second kappa shape index (κ2) is 5.61. The third kappa shape index (κ3) is 3.16. The lowest BCUT2D eigenvalue weighted by molar-refractivity contribution is 0.111. The van der Waals surface area contributed by atoms with Gasteiger partial charge in [0.1, 0.15) is 11.4 Å². The van der Waals surface area contributed by atoms with E-state index < -0.39 is 5.82 Å². The van der Waals surface area contributed by atoms with E-state index in [9.17, 15) is 9.18 Å². The number of aromatic nitrogens is 1. The van der Waals surface area contributed by atoms with Crippen molar-refractivity contribution in [3.63, 3.8) is 0 Å². The van der Waals surface area contributed by atoms with E-state index >= 15 is 0 Å². The van der Waals surface area contributed by atoms with Crippen molar-refractivity contribution in [2.75, 3.05) is 0 Å². The normalized spacial score (nSPS) is 10.5. The van der Waals surface area contributed by atoms with Crippen LogP contribution in [0.4, 0.5) is 4.39 Å². The van der Waals surface area contributed by atoms with Crippen molar-refractivity contribution in [2.45, 2.75) is 20.0 Å². The van der Waals surface area contributed by atoms with Crippen LogP contribution in [0.2, 0.25) is 0 Å². The van der Waals surface area contributed by atoms with Crippen molar-refractivity contribution in [3.8, 4) is 17.0 Å². The van der Waals surface area contributed by atoms with Crippen molar-refractivity contribution in [3.05, 3.63) is 47.9 Å². The van der Waals surface area contributed by atoms with E-state index in [1.54, 1.807) is 0 Å². The van der Waals surface area contributed by atoms with Crippen LogP contribution in [-0.2, 0) is 0 Å². The minimum absolute atomic E-state index is 0.0713. The second-order valence-electron chi connectivity index (χ2n) is 4.38. The number of benzene rings is 1. The number of ether oxygens (including phenoxy) is 1. The Labute approximate surface area is 111 Å². The van der Waals surface area contributed by atoms with E-state index in [4.69, 9.17) is 4.74 Å². The number of carbonyl (C=O) groups is 1. The number of nitrogens with zero attached hydrogens (tertiary/aromatic N) is 1. The summed E-state index contributed by atoms with van der Waals surface area (Å²) in [5.41, 5.74) is 1.13. The highest BCUT2D eigenvalue weighted by Gasteiger charge is 2.07. The monoisotopic (exact) mass is 259 g/mol. The molecule has 19 heavy (non-hydrogen) atoms. The molecule has 0 radical (unpaired) electrons. The molecule has 0 N–H and O–H groups in total. The first kappa shape index (κ1) is 13.2. The smallest absolute Gasteiger partial charge is 0.171 e. The van der Waals surface area contributed by atoms with Gasteiger partial charge in [0.25, 0.3) is 0 Å². The number of carbonyl (C=O) groups excluding carboxylic acids is 1. The Morgan fingerprint density at radius 1 is 1.26 bits per heavy atom. The predicted molar refractivity (Wildman–Crippen MR) is 70.8 cm³/mol. The van der Waals surface area contributed by atoms with Crippen molar-refractivity contribution < 1.29 is 13.9 Å². The molecule has 3 nitrogen and oxygen atoms in total. The summed E-state index contributed by atoms with van der Waals surface area (Å²) < 4.78 is 18.8. The molecule has 0 saturated heterocycles. The molecule has 2 aromatic rings. The Morgan fingerprint density at radius 3 is 2.74 bits per heavy atom. The van der Waals surface area contributed by atoms with Crippen molar-refractivity contribution >= 4 is 6.29 Å². The number of halogens is 1. The number of pyridine rings is 1. The molecule has 0 saturated carbocycles. The highest BCUT2D eigenvalue weighted by molar-refractivity contribution is 5.74. The van der Waals surface area contributed by atoms with Gasteiger partial charge in [-0.25, -0.2) is 9.37 Å². The number of hydrogen-bond acceptors (Lipinski definition) is 3. The van der Waals surface area contributed by atoms with Gasteiger partial charge in [0.2, 0.25) is 0 Å². The molecule has 1 aromatic carbocycles. The summed E-state index contributed by atoms with van der Waals surface area (Å²) in [7, 11) is 0. The van der Waals surface area contributed by atoms with Gasteiger partial charge in [0.05, 0.1) is 11.8 Å². The summed E-state index contributed by atoms with van der Waals surface area (Å²) in [6.45, 7) is 3.88. The SMILES string of the molecule is CC(C)Oc1cccc(-c2ccc(F)c(C=O)n2)c1. The van der Waals surface area contributed by atoms with Gasteiger partial charge < -0.3 is 4.74 Å². The summed E-state index contributed by atoms with van der Waals surface area (Å²) in [6.07, 6.45) is 0.481. The molecule has 0 bridgehead atoms. The highest BCUT2D eigenvalue weighted by Crippen LogP contribution is 2.23. The third-order valence-electron chi connectivity index (χ3n) is 2.49. The minimum atomic E-state index is -0.617. The van der Waals surface area contributed by atoms with Gasteiger partial charge in [-0.15, -0.1) is 0 Å². The number of hydrogen-bond donors (Lipinski definition) is 0. The van der Waals surface area contributed by atoms with E-state index in [0.29, 0.717) is 17.7 Å². The summed E-state index contributed by atoms with van der Waals surface area (Å²) in [5.74, 6) is 0.0969. The Kier molecular flexibility index (Phi) is 3.90. The standard InChI is InChI=1S/C15H14FNO2/c1-10(2)19-12-5-3-4-11(8-12)14-7-6-13(16)15(9-18)17-14/h3-10H,1-2H3. The van der Waals surface area contributed by atoms with Gasteiger partial charge in [-0.1, -0.05) is 12.1 Å². The van der Waals surface area contributed by atoms with E-state index in [-0.39, 0.29) is 11.8 Å². The maximum atomic E-state index is 13.2. The number of aldehydes is 1. The summed E-state index contributed by atoms with van der Waals surface area (Å²) in [6, 6.07) is 10.1. The van der Waals surface area contributed by atoms with Crippen LogP contribution < -0.4 is 4.74 Å². The second-order valence-corrected chi connectivity index (χ2v) is 4.38. The van der Waals surface area contributed by atoms with Gasteiger partial charge in [-0.3, -0.25) is 4.79 Å². The van der Waals surface area contributed by atoms with E-state index in [0.717, 1.165) is 5.56 Å². The first-order chi connectivity index (χ1) is 9.10. The molecular weight excluding hydrogens is 245 g/mol. The van der Waals surface area contributed by atoms with Crippen molar-refractivity contribution in [1.82, 2.24) is 4.98 Å². The van der Waals surface area contributed by atoms with Gasteiger partial charge in [-0.2, -0.15) is 0 Å². The quantitative estimate of drug-likeness (QED) is 0.789. The van der Waals surface area contributed by atoms with Crippen LogP contribution in [-0.4, -0.2) is 17.4 Å². The maximum Gasteiger partial charge on any atom is 0.171 e. The molecule has 0 spiro atoms. The molecular formula is C15H14FNO2.